The van der Waals surface area contributed by atoms with Gasteiger partial charge in [0.2, 0.25) is 4.96 Å². The second kappa shape index (κ2) is 4.46. The van der Waals surface area contributed by atoms with Crippen molar-refractivity contribution < 1.29 is 0 Å². The number of nitrogens with zero attached hydrogens (tertiary/aromatic N) is 3. The average molecular weight is 263 g/mol. The highest BCUT2D eigenvalue weighted by atomic mass is 32.1. The van der Waals surface area contributed by atoms with E-state index in [9.17, 15) is 4.79 Å². The maximum Gasteiger partial charge on any atom is 0.278 e. The zero-order chi connectivity index (χ0) is 12.7. The predicted molar refractivity (Wildman–Crippen MR) is 72.5 cm³/mol. The van der Waals surface area contributed by atoms with Gasteiger partial charge in [0, 0.05) is 17.2 Å². The first-order chi connectivity index (χ1) is 8.70. The van der Waals surface area contributed by atoms with Gasteiger partial charge in [-0.25, -0.2) is 4.98 Å². The molecule has 2 aromatic heterocycles. The van der Waals surface area contributed by atoms with Crippen LogP contribution in [0.15, 0.2) is 4.79 Å². The third kappa shape index (κ3) is 1.77. The Morgan fingerprint density at radius 1 is 1.39 bits per heavy atom. The standard InChI is InChI=1S/C13H17N3OS/c1-3-10-8(2)14-13-16(12(10)17)15-11(18-13)9-6-4-5-7-9/h9H,3-7H2,1-2H3. The van der Waals surface area contributed by atoms with Crippen LogP contribution in [-0.2, 0) is 6.42 Å². The first-order valence-corrected chi connectivity index (χ1v) is 7.41. The van der Waals surface area contributed by atoms with Crippen LogP contribution < -0.4 is 5.56 Å². The van der Waals surface area contributed by atoms with Crippen molar-refractivity contribution in [2.75, 3.05) is 0 Å². The number of aryl methyl sites for hydroxylation is 1. The van der Waals surface area contributed by atoms with E-state index >= 15 is 0 Å². The molecule has 18 heavy (non-hydrogen) atoms. The van der Waals surface area contributed by atoms with Gasteiger partial charge in [0.1, 0.15) is 5.01 Å². The van der Waals surface area contributed by atoms with Crippen LogP contribution in [0.2, 0.25) is 0 Å². The molecular weight excluding hydrogens is 246 g/mol. The normalized spacial score (nSPS) is 16.8. The van der Waals surface area contributed by atoms with Crippen LogP contribution in [0.1, 0.15) is 54.8 Å². The van der Waals surface area contributed by atoms with Crippen LogP contribution in [0.3, 0.4) is 0 Å². The number of hydrogen-bond acceptors (Lipinski definition) is 4. The highest BCUT2D eigenvalue weighted by Crippen LogP contribution is 2.35. The second-order valence-electron chi connectivity index (χ2n) is 4.95. The molecule has 2 aromatic rings. The third-order valence-corrected chi connectivity index (χ3v) is 4.86. The van der Waals surface area contributed by atoms with Gasteiger partial charge in [-0.05, 0) is 26.2 Å². The Kier molecular flexibility index (Phi) is 2.93. The molecule has 0 bridgehead atoms. The Morgan fingerprint density at radius 3 is 2.78 bits per heavy atom. The van der Waals surface area contributed by atoms with Crippen LogP contribution in [-0.4, -0.2) is 14.6 Å². The summed E-state index contributed by atoms with van der Waals surface area (Å²) in [7, 11) is 0. The molecule has 0 unspecified atom stereocenters. The van der Waals surface area contributed by atoms with E-state index in [0.29, 0.717) is 5.92 Å². The molecule has 1 aliphatic carbocycles. The van der Waals surface area contributed by atoms with E-state index in [4.69, 9.17) is 0 Å². The molecule has 1 fully saturated rings. The lowest BCUT2D eigenvalue weighted by Crippen LogP contribution is -2.21. The van der Waals surface area contributed by atoms with Crippen LogP contribution >= 0.6 is 11.3 Å². The fourth-order valence-electron chi connectivity index (χ4n) is 2.74. The minimum Gasteiger partial charge on any atom is -0.267 e. The van der Waals surface area contributed by atoms with Crippen molar-refractivity contribution in [3.63, 3.8) is 0 Å². The molecule has 0 aromatic carbocycles. The van der Waals surface area contributed by atoms with Crippen molar-refractivity contribution in [1.29, 1.82) is 0 Å². The number of fused-ring (bicyclic) bond motifs is 1. The molecule has 3 rings (SSSR count). The maximum atomic E-state index is 12.3. The zero-order valence-corrected chi connectivity index (χ0v) is 11.6. The molecule has 0 aliphatic heterocycles. The highest BCUT2D eigenvalue weighted by molar-refractivity contribution is 7.16. The Balaban J connectivity index is 2.17. The highest BCUT2D eigenvalue weighted by Gasteiger charge is 2.22. The molecule has 5 heteroatoms. The van der Waals surface area contributed by atoms with Crippen molar-refractivity contribution >= 4 is 16.3 Å². The molecule has 2 heterocycles. The Labute approximate surface area is 110 Å². The van der Waals surface area contributed by atoms with Crippen molar-refractivity contribution in [2.45, 2.75) is 51.9 Å². The zero-order valence-electron chi connectivity index (χ0n) is 10.8. The van der Waals surface area contributed by atoms with Gasteiger partial charge < -0.3 is 0 Å². The maximum absolute atomic E-state index is 12.3. The number of hydrogen-bond donors (Lipinski definition) is 0. The van der Waals surface area contributed by atoms with Crippen molar-refractivity contribution in [1.82, 2.24) is 14.6 Å². The molecule has 1 saturated carbocycles. The van der Waals surface area contributed by atoms with Gasteiger partial charge >= 0.3 is 0 Å². The van der Waals surface area contributed by atoms with Gasteiger partial charge in [-0.15, -0.1) is 0 Å². The van der Waals surface area contributed by atoms with E-state index in [1.165, 1.54) is 30.2 Å². The molecule has 0 atom stereocenters. The summed E-state index contributed by atoms with van der Waals surface area (Å²) < 4.78 is 1.50. The van der Waals surface area contributed by atoms with E-state index in [0.717, 1.165) is 27.6 Å². The van der Waals surface area contributed by atoms with E-state index < -0.39 is 0 Å². The van der Waals surface area contributed by atoms with E-state index in [-0.39, 0.29) is 5.56 Å². The average Bonchev–Trinajstić information content (AvgIpc) is 2.96. The number of rotatable bonds is 2. The van der Waals surface area contributed by atoms with E-state index in [1.807, 2.05) is 13.8 Å². The SMILES string of the molecule is CCc1c(C)nc2sc(C3CCCC3)nn2c1=O. The topological polar surface area (TPSA) is 47.3 Å². The van der Waals surface area contributed by atoms with E-state index in [1.54, 1.807) is 11.3 Å². The summed E-state index contributed by atoms with van der Waals surface area (Å²) >= 11 is 1.58. The molecular formula is C13H17N3OS. The van der Waals surface area contributed by atoms with Crippen LogP contribution in [0, 0.1) is 6.92 Å². The molecule has 0 N–H and O–H groups in total. The second-order valence-corrected chi connectivity index (χ2v) is 5.94. The molecule has 1 aliphatic rings. The Hall–Kier alpha value is -1.23. The van der Waals surface area contributed by atoms with Gasteiger partial charge in [0.15, 0.2) is 0 Å². The first-order valence-electron chi connectivity index (χ1n) is 6.60. The minimum atomic E-state index is 0.0143. The summed E-state index contributed by atoms with van der Waals surface area (Å²) in [5.74, 6) is 0.543. The predicted octanol–water partition coefficient (Wildman–Crippen LogP) is 2.68. The van der Waals surface area contributed by atoms with Gasteiger partial charge in [-0.3, -0.25) is 4.79 Å². The summed E-state index contributed by atoms with van der Waals surface area (Å²) in [4.78, 5) is 17.5. The van der Waals surface area contributed by atoms with Crippen LogP contribution in [0.25, 0.3) is 4.96 Å². The fraction of sp³-hybridized carbons (Fsp3) is 0.615. The smallest absolute Gasteiger partial charge is 0.267 e. The van der Waals surface area contributed by atoms with Crippen molar-refractivity contribution in [3.8, 4) is 0 Å². The molecule has 4 nitrogen and oxygen atoms in total. The van der Waals surface area contributed by atoms with Crippen molar-refractivity contribution in [3.05, 3.63) is 26.6 Å². The largest absolute Gasteiger partial charge is 0.278 e. The van der Waals surface area contributed by atoms with Gasteiger partial charge in [0.25, 0.3) is 5.56 Å². The lowest BCUT2D eigenvalue weighted by atomic mass is 10.1. The van der Waals surface area contributed by atoms with Gasteiger partial charge in [-0.2, -0.15) is 9.61 Å². The van der Waals surface area contributed by atoms with Gasteiger partial charge in [0.05, 0.1) is 0 Å². The monoisotopic (exact) mass is 263 g/mol. The molecule has 0 amide bonds. The molecule has 96 valence electrons. The van der Waals surface area contributed by atoms with Crippen LogP contribution in [0.5, 0.6) is 0 Å². The molecule has 0 spiro atoms. The number of aromatic nitrogens is 3. The summed E-state index contributed by atoms with van der Waals surface area (Å²) in [5.41, 5.74) is 1.65. The van der Waals surface area contributed by atoms with Crippen LogP contribution in [0.4, 0.5) is 0 Å². The fourth-order valence-corrected chi connectivity index (χ4v) is 3.84. The van der Waals surface area contributed by atoms with Crippen molar-refractivity contribution in [2.24, 2.45) is 0 Å². The molecule has 0 saturated heterocycles. The summed E-state index contributed by atoms with van der Waals surface area (Å²) in [6, 6.07) is 0. The van der Waals surface area contributed by atoms with Gasteiger partial charge in [-0.1, -0.05) is 31.1 Å². The lowest BCUT2D eigenvalue weighted by molar-refractivity contribution is 0.689. The lowest BCUT2D eigenvalue weighted by Gasteiger charge is -2.01. The third-order valence-electron chi connectivity index (χ3n) is 3.78. The quantitative estimate of drug-likeness (QED) is 0.837. The summed E-state index contributed by atoms with van der Waals surface area (Å²) in [5, 5.41) is 5.59. The molecule has 0 radical (unpaired) electrons. The van der Waals surface area contributed by atoms with E-state index in [2.05, 4.69) is 10.1 Å². The Bertz CT molecular complexity index is 637. The first kappa shape index (κ1) is 11.8. The Morgan fingerprint density at radius 2 is 2.11 bits per heavy atom. The summed E-state index contributed by atoms with van der Waals surface area (Å²) in [6.07, 6.45) is 5.68. The minimum absolute atomic E-state index is 0.0143. The summed E-state index contributed by atoms with van der Waals surface area (Å²) in [6.45, 7) is 3.90.